The third-order valence-corrected chi connectivity index (χ3v) is 7.25. The highest BCUT2D eigenvalue weighted by Crippen LogP contribution is 2.28. The molecule has 11 heteroatoms. The van der Waals surface area contributed by atoms with E-state index in [2.05, 4.69) is 10.0 Å². The average molecular weight is 490 g/mol. The summed E-state index contributed by atoms with van der Waals surface area (Å²) in [5.41, 5.74) is 0.457. The summed E-state index contributed by atoms with van der Waals surface area (Å²) in [5.74, 6) is -1.55. The van der Waals surface area contributed by atoms with Crippen molar-refractivity contribution >= 4 is 56.2 Å². The fourth-order valence-electron chi connectivity index (χ4n) is 2.59. The van der Waals surface area contributed by atoms with Crippen molar-refractivity contribution in [1.29, 1.82) is 5.26 Å². The lowest BCUT2D eigenvalue weighted by atomic mass is 10.2. The molecule has 0 bridgehead atoms. The number of anilines is 2. The molecule has 1 amide bonds. The molecule has 3 aromatic rings. The Morgan fingerprint density at radius 3 is 2.38 bits per heavy atom. The van der Waals surface area contributed by atoms with Gasteiger partial charge in [-0.15, -0.1) is 11.3 Å². The summed E-state index contributed by atoms with van der Waals surface area (Å²) >= 11 is 6.68. The molecular weight excluding hydrogens is 474 g/mol. The third kappa shape index (κ3) is 5.45. The molecule has 0 saturated heterocycles. The highest BCUT2D eigenvalue weighted by molar-refractivity contribution is 7.94. The Bertz CT molecular complexity index is 1310. The molecule has 8 nitrogen and oxygen atoms in total. The van der Waals surface area contributed by atoms with Gasteiger partial charge in [-0.2, -0.15) is 5.26 Å². The fraction of sp³-hybridized carbons (Fsp3) is 0.0952. The lowest BCUT2D eigenvalue weighted by molar-refractivity contribution is -0.123. The van der Waals surface area contributed by atoms with Crippen molar-refractivity contribution < 1.29 is 22.7 Å². The molecule has 3 rings (SSSR count). The predicted molar refractivity (Wildman–Crippen MR) is 121 cm³/mol. The first-order valence-corrected chi connectivity index (χ1v) is 11.8. The SMILES string of the molecule is C[C@H](OC(=O)c1ccccc1NS(=O)(=O)c1ccc(Cl)s1)C(=O)Nc1ccccc1C#N. The van der Waals surface area contributed by atoms with E-state index in [1.165, 1.54) is 43.3 Å². The summed E-state index contributed by atoms with van der Waals surface area (Å²) in [6.45, 7) is 1.36. The van der Waals surface area contributed by atoms with Gasteiger partial charge in [0, 0.05) is 0 Å². The van der Waals surface area contributed by atoms with E-state index < -0.39 is 28.0 Å². The van der Waals surface area contributed by atoms with Crippen LogP contribution in [0.15, 0.2) is 64.9 Å². The lowest BCUT2D eigenvalue weighted by Crippen LogP contribution is -2.30. The molecule has 2 aromatic carbocycles. The van der Waals surface area contributed by atoms with Crippen molar-refractivity contribution in [1.82, 2.24) is 0 Å². The van der Waals surface area contributed by atoms with Gasteiger partial charge < -0.3 is 10.1 Å². The summed E-state index contributed by atoms with van der Waals surface area (Å²) in [7, 11) is -3.98. The Labute approximate surface area is 193 Å². The summed E-state index contributed by atoms with van der Waals surface area (Å²) in [4.78, 5) is 25.1. The number of nitrogens with zero attached hydrogens (tertiary/aromatic N) is 1. The molecule has 164 valence electrons. The van der Waals surface area contributed by atoms with Gasteiger partial charge in [0.15, 0.2) is 6.10 Å². The maximum absolute atomic E-state index is 12.7. The standard InChI is InChI=1S/C21H16ClN3O5S2/c1-13(20(26)24-16-8-4-2-6-14(16)12-23)30-21(27)15-7-3-5-9-17(15)25-32(28,29)19-11-10-18(22)31-19/h2-11,13,25H,1H3,(H,24,26)/t13-/m0/s1. The van der Waals surface area contributed by atoms with Crippen molar-refractivity contribution in [2.24, 2.45) is 0 Å². The van der Waals surface area contributed by atoms with Gasteiger partial charge >= 0.3 is 5.97 Å². The largest absolute Gasteiger partial charge is 0.449 e. The maximum atomic E-state index is 12.7. The van der Waals surface area contributed by atoms with Crippen LogP contribution in [0.1, 0.15) is 22.8 Å². The minimum atomic E-state index is -3.98. The number of rotatable bonds is 7. The maximum Gasteiger partial charge on any atom is 0.341 e. The molecule has 2 N–H and O–H groups in total. The van der Waals surface area contributed by atoms with E-state index >= 15 is 0 Å². The van der Waals surface area contributed by atoms with Crippen LogP contribution < -0.4 is 10.0 Å². The smallest absolute Gasteiger partial charge is 0.341 e. The van der Waals surface area contributed by atoms with E-state index in [0.29, 0.717) is 4.34 Å². The molecule has 0 fully saturated rings. The number of esters is 1. The average Bonchev–Trinajstić information content (AvgIpc) is 3.21. The second-order valence-corrected chi connectivity index (χ2v) is 10.0. The number of hydrogen-bond acceptors (Lipinski definition) is 7. The zero-order valence-corrected chi connectivity index (χ0v) is 18.9. The van der Waals surface area contributed by atoms with Crippen LogP contribution in [0, 0.1) is 11.3 Å². The topological polar surface area (TPSA) is 125 Å². The first-order chi connectivity index (χ1) is 15.2. The van der Waals surface area contributed by atoms with E-state index in [-0.39, 0.29) is 26.7 Å². The molecular formula is C21H16ClN3O5S2. The normalized spacial score (nSPS) is 11.8. The molecule has 0 aliphatic heterocycles. The number of hydrogen-bond donors (Lipinski definition) is 2. The van der Waals surface area contributed by atoms with Crippen molar-refractivity contribution in [3.8, 4) is 6.07 Å². The molecule has 0 saturated carbocycles. The Morgan fingerprint density at radius 1 is 1.06 bits per heavy atom. The number of amides is 1. The van der Waals surface area contributed by atoms with Crippen LogP contribution >= 0.6 is 22.9 Å². The highest BCUT2D eigenvalue weighted by atomic mass is 35.5. The molecule has 1 heterocycles. The highest BCUT2D eigenvalue weighted by Gasteiger charge is 2.24. The van der Waals surface area contributed by atoms with Crippen LogP contribution in [0.4, 0.5) is 11.4 Å². The van der Waals surface area contributed by atoms with Gasteiger partial charge in [0.05, 0.1) is 26.8 Å². The lowest BCUT2D eigenvalue weighted by Gasteiger charge is -2.16. The van der Waals surface area contributed by atoms with Crippen LogP contribution in [0.3, 0.4) is 0 Å². The molecule has 0 aliphatic carbocycles. The van der Waals surface area contributed by atoms with E-state index in [1.807, 2.05) is 6.07 Å². The van der Waals surface area contributed by atoms with Gasteiger partial charge in [-0.3, -0.25) is 9.52 Å². The van der Waals surface area contributed by atoms with Crippen molar-refractivity contribution in [3.05, 3.63) is 76.1 Å². The van der Waals surface area contributed by atoms with Gasteiger partial charge in [-0.25, -0.2) is 13.2 Å². The Balaban J connectivity index is 1.74. The van der Waals surface area contributed by atoms with Crippen LogP contribution in [-0.2, 0) is 19.6 Å². The van der Waals surface area contributed by atoms with Crippen LogP contribution in [-0.4, -0.2) is 26.4 Å². The number of ether oxygens (including phenoxy) is 1. The van der Waals surface area contributed by atoms with Gasteiger partial charge in [-0.05, 0) is 43.3 Å². The first kappa shape index (κ1) is 23.3. The second kappa shape index (κ2) is 9.82. The van der Waals surface area contributed by atoms with Crippen LogP contribution in [0.5, 0.6) is 0 Å². The summed E-state index contributed by atoms with van der Waals surface area (Å²) in [6.07, 6.45) is -1.21. The summed E-state index contributed by atoms with van der Waals surface area (Å²) in [6, 6.07) is 17.0. The van der Waals surface area contributed by atoms with E-state index in [9.17, 15) is 18.0 Å². The zero-order valence-electron chi connectivity index (χ0n) is 16.5. The number of nitriles is 1. The predicted octanol–water partition coefficient (Wildman–Crippen LogP) is 4.26. The molecule has 0 spiro atoms. The number of nitrogens with one attached hydrogen (secondary N) is 2. The van der Waals surface area contributed by atoms with Gasteiger partial charge in [0.2, 0.25) is 0 Å². The Morgan fingerprint density at radius 2 is 1.72 bits per heavy atom. The minimum Gasteiger partial charge on any atom is -0.449 e. The Hall–Kier alpha value is -3.39. The van der Waals surface area contributed by atoms with E-state index in [0.717, 1.165) is 11.3 Å². The molecule has 0 aliphatic rings. The monoisotopic (exact) mass is 489 g/mol. The Kier molecular flexibility index (Phi) is 7.15. The van der Waals surface area contributed by atoms with E-state index in [4.69, 9.17) is 21.6 Å². The summed E-state index contributed by atoms with van der Waals surface area (Å²) in [5, 5.41) is 11.7. The van der Waals surface area contributed by atoms with Gasteiger partial charge in [0.25, 0.3) is 15.9 Å². The van der Waals surface area contributed by atoms with Gasteiger partial charge in [0.1, 0.15) is 10.3 Å². The molecule has 1 aromatic heterocycles. The third-order valence-electron chi connectivity index (χ3n) is 4.16. The number of carbonyl (C=O) groups excluding carboxylic acids is 2. The van der Waals surface area contributed by atoms with E-state index in [1.54, 1.807) is 24.3 Å². The fourth-order valence-corrected chi connectivity index (χ4v) is 5.15. The molecule has 0 unspecified atom stereocenters. The van der Waals surface area contributed by atoms with Crippen molar-refractivity contribution in [2.45, 2.75) is 17.2 Å². The molecule has 0 radical (unpaired) electrons. The van der Waals surface area contributed by atoms with Crippen LogP contribution in [0.25, 0.3) is 0 Å². The minimum absolute atomic E-state index is 0.00976. The number of halogens is 1. The van der Waals surface area contributed by atoms with Crippen molar-refractivity contribution in [3.63, 3.8) is 0 Å². The number of sulfonamides is 1. The molecule has 1 atom stereocenters. The number of para-hydroxylation sites is 2. The van der Waals surface area contributed by atoms with Crippen molar-refractivity contribution in [2.75, 3.05) is 10.0 Å². The molecule has 32 heavy (non-hydrogen) atoms. The number of thiophene rings is 1. The quantitative estimate of drug-likeness (QED) is 0.477. The first-order valence-electron chi connectivity index (χ1n) is 9.09. The van der Waals surface area contributed by atoms with Crippen LogP contribution in [0.2, 0.25) is 4.34 Å². The summed E-state index contributed by atoms with van der Waals surface area (Å²) < 4.78 is 33.0. The zero-order chi connectivity index (χ0) is 23.3. The number of carbonyl (C=O) groups is 2. The second-order valence-electron chi connectivity index (χ2n) is 6.40. The van der Waals surface area contributed by atoms with Gasteiger partial charge in [-0.1, -0.05) is 35.9 Å². The number of benzene rings is 2.